The van der Waals surface area contributed by atoms with Crippen LogP contribution in [0.4, 0.5) is 0 Å². The fraction of sp³-hybridized carbons (Fsp3) is 0.353. The van der Waals surface area contributed by atoms with E-state index in [4.69, 9.17) is 0 Å². The van der Waals surface area contributed by atoms with E-state index in [1.54, 1.807) is 11.3 Å². The van der Waals surface area contributed by atoms with Crippen molar-refractivity contribution in [3.8, 4) is 0 Å². The molecule has 0 aliphatic carbocycles. The number of likely N-dealkylation sites (N-methyl/N-ethyl adjacent to an activating group) is 1. The quantitative estimate of drug-likeness (QED) is 0.748. The molecule has 0 radical (unpaired) electrons. The van der Waals surface area contributed by atoms with Gasteiger partial charge >= 0.3 is 0 Å². The average Bonchev–Trinajstić information content (AvgIpc) is 2.98. The van der Waals surface area contributed by atoms with E-state index in [0.29, 0.717) is 0 Å². The Kier molecular flexibility index (Phi) is 5.10. The van der Waals surface area contributed by atoms with Crippen molar-refractivity contribution in [2.45, 2.75) is 32.9 Å². The van der Waals surface area contributed by atoms with E-state index >= 15 is 0 Å². The molecule has 2 nitrogen and oxygen atoms in total. The van der Waals surface area contributed by atoms with Gasteiger partial charge in [-0.15, -0.1) is 11.3 Å². The van der Waals surface area contributed by atoms with Crippen LogP contribution in [0.25, 0.3) is 0 Å². The minimum atomic E-state index is -0.107. The van der Waals surface area contributed by atoms with Crippen molar-refractivity contribution in [1.82, 2.24) is 4.90 Å². The van der Waals surface area contributed by atoms with Crippen LogP contribution in [-0.2, 0) is 13.0 Å². The Labute approximate surface area is 125 Å². The maximum Gasteiger partial charge on any atom is 0.179 e. The highest BCUT2D eigenvalue weighted by atomic mass is 32.1. The average molecular weight is 287 g/mol. The summed E-state index contributed by atoms with van der Waals surface area (Å²) in [5, 5.41) is 2.07. The molecule has 0 amide bonds. The van der Waals surface area contributed by atoms with Crippen LogP contribution in [0.3, 0.4) is 0 Å². The van der Waals surface area contributed by atoms with Crippen molar-refractivity contribution in [2.75, 3.05) is 7.05 Å². The number of thiophene rings is 1. The molecule has 0 aliphatic heterocycles. The van der Waals surface area contributed by atoms with Crippen molar-refractivity contribution in [1.29, 1.82) is 0 Å². The Morgan fingerprint density at radius 2 is 1.95 bits per heavy atom. The Balaban J connectivity index is 2.03. The summed E-state index contributed by atoms with van der Waals surface area (Å²) in [4.78, 5) is 15.9. The molecule has 0 aliphatic rings. The number of carbonyl (C=O) groups is 1. The number of benzene rings is 1. The number of Topliss-reactive ketones (excluding diaryl/α,β-unsaturated/α-hetero) is 1. The van der Waals surface area contributed by atoms with Crippen LogP contribution in [0, 0.1) is 0 Å². The molecule has 20 heavy (non-hydrogen) atoms. The lowest BCUT2D eigenvalue weighted by atomic mass is 10.0. The van der Waals surface area contributed by atoms with Gasteiger partial charge in [0.25, 0.3) is 0 Å². The first-order valence-electron chi connectivity index (χ1n) is 6.97. The Hall–Kier alpha value is -1.45. The minimum Gasteiger partial charge on any atom is -0.292 e. The third-order valence-electron chi connectivity index (χ3n) is 3.67. The lowest BCUT2D eigenvalue weighted by Crippen LogP contribution is -2.35. The lowest BCUT2D eigenvalue weighted by Gasteiger charge is -2.23. The van der Waals surface area contributed by atoms with E-state index in [0.717, 1.165) is 18.5 Å². The number of nitrogens with zero attached hydrogens (tertiary/aromatic N) is 1. The Morgan fingerprint density at radius 3 is 2.50 bits per heavy atom. The highest BCUT2D eigenvalue weighted by molar-refractivity contribution is 7.09. The molecule has 1 heterocycles. The molecule has 1 aromatic carbocycles. The predicted molar refractivity (Wildman–Crippen MR) is 85.4 cm³/mol. The van der Waals surface area contributed by atoms with Crippen molar-refractivity contribution in [3.63, 3.8) is 0 Å². The van der Waals surface area contributed by atoms with Crippen molar-refractivity contribution in [2.24, 2.45) is 0 Å². The van der Waals surface area contributed by atoms with Crippen LogP contribution in [0.1, 0.15) is 34.6 Å². The smallest absolute Gasteiger partial charge is 0.179 e. The number of rotatable bonds is 6. The molecule has 0 spiro atoms. The van der Waals surface area contributed by atoms with Gasteiger partial charge < -0.3 is 0 Å². The zero-order valence-corrected chi connectivity index (χ0v) is 13.1. The van der Waals surface area contributed by atoms with Gasteiger partial charge in [-0.25, -0.2) is 0 Å². The van der Waals surface area contributed by atoms with E-state index in [9.17, 15) is 4.79 Å². The molecule has 2 rings (SSSR count). The number of aryl methyl sites for hydroxylation is 1. The monoisotopic (exact) mass is 287 g/mol. The van der Waals surface area contributed by atoms with Gasteiger partial charge in [0.1, 0.15) is 0 Å². The summed E-state index contributed by atoms with van der Waals surface area (Å²) in [7, 11) is 2.00. The van der Waals surface area contributed by atoms with Crippen LogP contribution >= 0.6 is 11.3 Å². The van der Waals surface area contributed by atoms with Crippen LogP contribution in [-0.4, -0.2) is 23.8 Å². The minimum absolute atomic E-state index is 0.107. The summed E-state index contributed by atoms with van der Waals surface area (Å²) in [5.74, 6) is 0.187. The SMILES string of the molecule is CCc1ccc(C(=O)C(C)N(C)Cc2cccs2)cc1. The zero-order valence-electron chi connectivity index (χ0n) is 12.3. The molecule has 0 N–H and O–H groups in total. The zero-order chi connectivity index (χ0) is 14.5. The van der Waals surface area contributed by atoms with Gasteiger partial charge in [-0.2, -0.15) is 0 Å². The third-order valence-corrected chi connectivity index (χ3v) is 4.53. The molecular formula is C17H21NOS. The molecule has 1 atom stereocenters. The summed E-state index contributed by atoms with van der Waals surface area (Å²) in [6.07, 6.45) is 1.00. The summed E-state index contributed by atoms with van der Waals surface area (Å²) in [6, 6.07) is 12.0. The van der Waals surface area contributed by atoms with Gasteiger partial charge in [0.2, 0.25) is 0 Å². The summed E-state index contributed by atoms with van der Waals surface area (Å²) < 4.78 is 0. The van der Waals surface area contributed by atoms with Crippen LogP contribution in [0.5, 0.6) is 0 Å². The highest BCUT2D eigenvalue weighted by Gasteiger charge is 2.19. The van der Waals surface area contributed by atoms with Gasteiger partial charge in [0, 0.05) is 17.0 Å². The van der Waals surface area contributed by atoms with E-state index in [1.807, 2.05) is 44.3 Å². The van der Waals surface area contributed by atoms with Gasteiger partial charge in [-0.05, 0) is 37.4 Å². The largest absolute Gasteiger partial charge is 0.292 e. The van der Waals surface area contributed by atoms with E-state index in [1.165, 1.54) is 10.4 Å². The number of ketones is 1. The first-order chi connectivity index (χ1) is 9.61. The van der Waals surface area contributed by atoms with Crippen molar-refractivity contribution >= 4 is 17.1 Å². The van der Waals surface area contributed by atoms with E-state index in [2.05, 4.69) is 23.3 Å². The third kappa shape index (κ3) is 3.56. The summed E-state index contributed by atoms with van der Waals surface area (Å²) in [5.41, 5.74) is 2.06. The first kappa shape index (κ1) is 14.9. The number of hydrogen-bond donors (Lipinski definition) is 0. The molecule has 0 saturated carbocycles. The summed E-state index contributed by atoms with van der Waals surface area (Å²) in [6.45, 7) is 4.91. The van der Waals surface area contributed by atoms with Gasteiger partial charge in [0.15, 0.2) is 5.78 Å². The fourth-order valence-corrected chi connectivity index (χ4v) is 2.90. The Morgan fingerprint density at radius 1 is 1.25 bits per heavy atom. The number of carbonyl (C=O) groups excluding carboxylic acids is 1. The topological polar surface area (TPSA) is 20.3 Å². The second-order valence-corrected chi connectivity index (χ2v) is 6.12. The molecular weight excluding hydrogens is 266 g/mol. The molecule has 0 bridgehead atoms. The normalized spacial score (nSPS) is 12.6. The number of hydrogen-bond acceptors (Lipinski definition) is 3. The van der Waals surface area contributed by atoms with Gasteiger partial charge in [-0.1, -0.05) is 37.3 Å². The van der Waals surface area contributed by atoms with Crippen molar-refractivity contribution in [3.05, 3.63) is 57.8 Å². The van der Waals surface area contributed by atoms with Gasteiger partial charge in [-0.3, -0.25) is 9.69 Å². The molecule has 106 valence electrons. The van der Waals surface area contributed by atoms with E-state index < -0.39 is 0 Å². The summed E-state index contributed by atoms with van der Waals surface area (Å²) >= 11 is 1.73. The van der Waals surface area contributed by atoms with Crippen molar-refractivity contribution < 1.29 is 4.79 Å². The maximum atomic E-state index is 12.5. The second kappa shape index (κ2) is 6.82. The molecule has 1 aromatic heterocycles. The van der Waals surface area contributed by atoms with Crippen LogP contribution in [0.2, 0.25) is 0 Å². The molecule has 2 aromatic rings. The standard InChI is InChI=1S/C17H21NOS/c1-4-14-7-9-15(10-8-14)17(19)13(2)18(3)12-16-6-5-11-20-16/h5-11,13H,4,12H2,1-3H3. The fourth-order valence-electron chi connectivity index (χ4n) is 2.13. The lowest BCUT2D eigenvalue weighted by molar-refractivity contribution is 0.0863. The molecule has 3 heteroatoms. The molecule has 0 saturated heterocycles. The Bertz CT molecular complexity index is 545. The van der Waals surface area contributed by atoms with Gasteiger partial charge in [0.05, 0.1) is 6.04 Å². The predicted octanol–water partition coefficient (Wildman–Crippen LogP) is 4.01. The highest BCUT2D eigenvalue weighted by Crippen LogP contribution is 2.15. The maximum absolute atomic E-state index is 12.5. The van der Waals surface area contributed by atoms with Crippen LogP contribution < -0.4 is 0 Å². The first-order valence-corrected chi connectivity index (χ1v) is 7.85. The second-order valence-electron chi connectivity index (χ2n) is 5.09. The van der Waals surface area contributed by atoms with E-state index in [-0.39, 0.29) is 11.8 Å². The molecule has 0 fully saturated rings. The van der Waals surface area contributed by atoms with Crippen LogP contribution in [0.15, 0.2) is 41.8 Å². The molecule has 1 unspecified atom stereocenters.